The summed E-state index contributed by atoms with van der Waals surface area (Å²) in [6.07, 6.45) is 0. The van der Waals surface area contributed by atoms with Gasteiger partial charge in [0.25, 0.3) is 0 Å². The van der Waals surface area contributed by atoms with Gasteiger partial charge in [-0.2, -0.15) is 0 Å². The Morgan fingerprint density at radius 2 is 1.76 bits per heavy atom. The number of imidazole rings is 1. The largest absolute Gasteiger partial charge is 0.452 e. The SMILES string of the molecule is Cc1nc2cc(C(=O)OCc3nc4ccccc4o3)ccc2n1-c1ccccc1. The number of nitrogens with zero attached hydrogens (tertiary/aromatic N) is 3. The first-order chi connectivity index (χ1) is 14.2. The van der Waals surface area contributed by atoms with Crippen molar-refractivity contribution in [3.8, 4) is 5.69 Å². The van der Waals surface area contributed by atoms with Crippen molar-refractivity contribution in [2.75, 3.05) is 0 Å². The fourth-order valence-electron chi connectivity index (χ4n) is 3.42. The maximum absolute atomic E-state index is 12.5. The van der Waals surface area contributed by atoms with Crippen molar-refractivity contribution < 1.29 is 13.9 Å². The molecule has 0 unspecified atom stereocenters. The molecule has 0 aliphatic carbocycles. The lowest BCUT2D eigenvalue weighted by molar-refractivity contribution is 0.0440. The van der Waals surface area contributed by atoms with Crippen LogP contribution in [0.15, 0.2) is 77.2 Å². The molecule has 0 amide bonds. The number of aryl methyl sites for hydroxylation is 1. The highest BCUT2D eigenvalue weighted by molar-refractivity contribution is 5.94. The summed E-state index contributed by atoms with van der Waals surface area (Å²) in [6, 6.07) is 22.8. The Balaban J connectivity index is 1.39. The van der Waals surface area contributed by atoms with Gasteiger partial charge in [0.05, 0.1) is 16.6 Å². The van der Waals surface area contributed by atoms with Crippen molar-refractivity contribution in [2.45, 2.75) is 13.5 Å². The van der Waals surface area contributed by atoms with Gasteiger partial charge >= 0.3 is 5.97 Å². The third-order valence-electron chi connectivity index (χ3n) is 4.74. The summed E-state index contributed by atoms with van der Waals surface area (Å²) in [5.41, 5.74) is 4.54. The van der Waals surface area contributed by atoms with E-state index in [1.54, 1.807) is 12.1 Å². The van der Waals surface area contributed by atoms with Gasteiger partial charge in [0.15, 0.2) is 12.2 Å². The van der Waals surface area contributed by atoms with Crippen molar-refractivity contribution in [3.63, 3.8) is 0 Å². The highest BCUT2D eigenvalue weighted by Gasteiger charge is 2.15. The fourth-order valence-corrected chi connectivity index (χ4v) is 3.42. The van der Waals surface area contributed by atoms with Crippen LogP contribution in [-0.4, -0.2) is 20.5 Å². The normalized spacial score (nSPS) is 11.2. The number of hydrogen-bond acceptors (Lipinski definition) is 5. The van der Waals surface area contributed by atoms with Crippen LogP contribution in [0.5, 0.6) is 0 Å². The molecule has 5 aromatic rings. The van der Waals surface area contributed by atoms with Crippen LogP contribution >= 0.6 is 0 Å². The minimum absolute atomic E-state index is 0.0248. The van der Waals surface area contributed by atoms with E-state index in [-0.39, 0.29) is 6.61 Å². The Morgan fingerprint density at radius 1 is 0.966 bits per heavy atom. The maximum Gasteiger partial charge on any atom is 0.338 e. The van der Waals surface area contributed by atoms with Gasteiger partial charge in [-0.25, -0.2) is 14.8 Å². The third kappa shape index (κ3) is 3.14. The van der Waals surface area contributed by atoms with Crippen molar-refractivity contribution in [1.82, 2.24) is 14.5 Å². The summed E-state index contributed by atoms with van der Waals surface area (Å²) in [4.78, 5) is 21.4. The first-order valence-electron chi connectivity index (χ1n) is 9.25. The van der Waals surface area contributed by atoms with Crippen LogP contribution in [0.2, 0.25) is 0 Å². The molecule has 0 fully saturated rings. The Labute approximate surface area is 166 Å². The average Bonchev–Trinajstić information content (AvgIpc) is 3.31. The molecule has 5 rings (SSSR count). The van der Waals surface area contributed by atoms with Crippen LogP contribution in [0, 0.1) is 6.92 Å². The molecule has 0 N–H and O–H groups in total. The van der Waals surface area contributed by atoms with Gasteiger partial charge in [-0.05, 0) is 49.4 Å². The summed E-state index contributed by atoms with van der Waals surface area (Å²) in [5, 5.41) is 0. The second-order valence-electron chi connectivity index (χ2n) is 6.68. The number of carbonyl (C=O) groups is 1. The first kappa shape index (κ1) is 17.2. The minimum Gasteiger partial charge on any atom is -0.452 e. The molecule has 2 aromatic heterocycles. The molecule has 142 valence electrons. The summed E-state index contributed by atoms with van der Waals surface area (Å²) in [5.74, 6) is 0.772. The van der Waals surface area contributed by atoms with Crippen LogP contribution in [0.4, 0.5) is 0 Å². The van der Waals surface area contributed by atoms with E-state index in [2.05, 4.69) is 14.5 Å². The van der Waals surface area contributed by atoms with E-state index in [9.17, 15) is 4.79 Å². The second kappa shape index (κ2) is 6.91. The Hall–Kier alpha value is -3.93. The van der Waals surface area contributed by atoms with Crippen LogP contribution in [0.3, 0.4) is 0 Å². The van der Waals surface area contributed by atoms with Gasteiger partial charge in [0.2, 0.25) is 5.89 Å². The molecule has 0 saturated carbocycles. The average molecular weight is 383 g/mol. The highest BCUT2D eigenvalue weighted by Crippen LogP contribution is 2.23. The molecule has 0 atom stereocenters. The number of esters is 1. The number of benzene rings is 3. The molecule has 0 spiro atoms. The van der Waals surface area contributed by atoms with Crippen molar-refractivity contribution in [1.29, 1.82) is 0 Å². The zero-order valence-electron chi connectivity index (χ0n) is 15.7. The van der Waals surface area contributed by atoms with Crippen molar-refractivity contribution in [2.24, 2.45) is 0 Å². The van der Waals surface area contributed by atoms with E-state index in [1.165, 1.54) is 0 Å². The molecule has 0 radical (unpaired) electrons. The number of hydrogen-bond donors (Lipinski definition) is 0. The maximum atomic E-state index is 12.5. The van der Waals surface area contributed by atoms with E-state index in [4.69, 9.17) is 9.15 Å². The zero-order valence-corrected chi connectivity index (χ0v) is 15.7. The summed E-state index contributed by atoms with van der Waals surface area (Å²) >= 11 is 0. The molecule has 6 nitrogen and oxygen atoms in total. The Morgan fingerprint density at radius 3 is 2.59 bits per heavy atom. The molecule has 6 heteroatoms. The van der Waals surface area contributed by atoms with Crippen LogP contribution in [-0.2, 0) is 11.3 Å². The summed E-state index contributed by atoms with van der Waals surface area (Å²) in [7, 11) is 0. The molecule has 0 aliphatic heterocycles. The third-order valence-corrected chi connectivity index (χ3v) is 4.74. The smallest absolute Gasteiger partial charge is 0.338 e. The fraction of sp³-hybridized carbons (Fsp3) is 0.0870. The Kier molecular flexibility index (Phi) is 4.09. The molecular formula is C23H17N3O3. The zero-order chi connectivity index (χ0) is 19.8. The lowest BCUT2D eigenvalue weighted by Crippen LogP contribution is -2.05. The van der Waals surface area contributed by atoms with Crippen LogP contribution in [0.25, 0.3) is 27.8 Å². The standard InChI is InChI=1S/C23H17N3O3/c1-15-24-19-13-16(11-12-20(19)26(15)17-7-3-2-4-8-17)23(27)28-14-22-25-18-9-5-6-10-21(18)29-22/h2-13H,14H2,1H3. The van der Waals surface area contributed by atoms with Gasteiger partial charge < -0.3 is 9.15 Å². The molecule has 0 bridgehead atoms. The van der Waals surface area contributed by atoms with Crippen molar-refractivity contribution >= 4 is 28.1 Å². The number of fused-ring (bicyclic) bond motifs is 2. The van der Waals surface area contributed by atoms with Crippen LogP contribution in [0.1, 0.15) is 22.1 Å². The quantitative estimate of drug-likeness (QED) is 0.416. The minimum atomic E-state index is -0.443. The predicted octanol–water partition coefficient (Wildman–Crippen LogP) is 4.83. The number of aromatic nitrogens is 3. The second-order valence-corrected chi connectivity index (χ2v) is 6.68. The Bertz CT molecular complexity index is 1300. The molecule has 3 aromatic carbocycles. The molecule has 0 aliphatic rings. The molecular weight excluding hydrogens is 366 g/mol. The molecule has 2 heterocycles. The van der Waals surface area contributed by atoms with Gasteiger partial charge in [0, 0.05) is 5.69 Å². The summed E-state index contributed by atoms with van der Waals surface area (Å²) in [6.45, 7) is 1.92. The van der Waals surface area contributed by atoms with Gasteiger partial charge in [0.1, 0.15) is 11.3 Å². The lowest BCUT2D eigenvalue weighted by Gasteiger charge is -2.07. The number of para-hydroxylation sites is 3. The van der Waals surface area contributed by atoms with Gasteiger partial charge in [-0.15, -0.1) is 0 Å². The van der Waals surface area contributed by atoms with E-state index in [0.29, 0.717) is 17.0 Å². The van der Waals surface area contributed by atoms with Gasteiger partial charge in [-0.3, -0.25) is 4.57 Å². The van der Waals surface area contributed by atoms with E-state index < -0.39 is 5.97 Å². The highest BCUT2D eigenvalue weighted by atomic mass is 16.5. The lowest BCUT2D eigenvalue weighted by atomic mass is 10.2. The number of ether oxygens (including phenoxy) is 1. The molecule has 0 saturated heterocycles. The van der Waals surface area contributed by atoms with E-state index in [1.807, 2.05) is 67.6 Å². The predicted molar refractivity (Wildman–Crippen MR) is 109 cm³/mol. The molecule has 29 heavy (non-hydrogen) atoms. The topological polar surface area (TPSA) is 70.2 Å². The van der Waals surface area contributed by atoms with Crippen LogP contribution < -0.4 is 0 Å². The number of carbonyl (C=O) groups excluding carboxylic acids is 1. The number of oxazole rings is 1. The van der Waals surface area contributed by atoms with Gasteiger partial charge in [-0.1, -0.05) is 30.3 Å². The van der Waals surface area contributed by atoms with E-state index in [0.717, 1.165) is 28.1 Å². The first-order valence-corrected chi connectivity index (χ1v) is 9.25. The number of rotatable bonds is 4. The monoisotopic (exact) mass is 383 g/mol. The summed E-state index contributed by atoms with van der Waals surface area (Å²) < 4.78 is 13.0. The van der Waals surface area contributed by atoms with E-state index >= 15 is 0 Å². The van der Waals surface area contributed by atoms with Crippen molar-refractivity contribution in [3.05, 3.63) is 90.1 Å².